The highest BCUT2D eigenvalue weighted by atomic mass is 16.6. The van der Waals surface area contributed by atoms with Crippen molar-refractivity contribution in [2.45, 2.75) is 12.8 Å². The van der Waals surface area contributed by atoms with Crippen molar-refractivity contribution < 1.29 is 13.9 Å². The molecule has 2 bridgehead atoms. The second kappa shape index (κ2) is 3.38. The first-order valence-electron chi connectivity index (χ1n) is 6.40. The number of nitrogens with zero attached hydrogens (tertiary/aromatic N) is 3. The van der Waals surface area contributed by atoms with E-state index in [0.29, 0.717) is 15.5 Å². The van der Waals surface area contributed by atoms with Crippen LogP contribution in [0.15, 0.2) is 22.8 Å². The van der Waals surface area contributed by atoms with Crippen molar-refractivity contribution in [3.8, 4) is 0 Å². The number of hydrogen-bond donors (Lipinski definition) is 0. The van der Waals surface area contributed by atoms with Crippen molar-refractivity contribution in [2.75, 3.05) is 19.6 Å². The minimum absolute atomic E-state index is 0.236. The van der Waals surface area contributed by atoms with Crippen molar-refractivity contribution in [3.05, 3.63) is 23.8 Å². The van der Waals surface area contributed by atoms with E-state index >= 15 is 0 Å². The highest BCUT2D eigenvalue weighted by Gasteiger charge is 2.50. The minimum Gasteiger partial charge on any atom is -0.256 e. The van der Waals surface area contributed by atoms with Gasteiger partial charge in [-0.15, -0.1) is 0 Å². The number of amides is 1. The van der Waals surface area contributed by atoms with Crippen LogP contribution in [0.25, 0.3) is 11.0 Å². The van der Waals surface area contributed by atoms with E-state index in [4.69, 9.17) is 0 Å². The Hall–Kier alpha value is -1.75. The summed E-state index contributed by atoms with van der Waals surface area (Å²) in [7, 11) is 0. The summed E-state index contributed by atoms with van der Waals surface area (Å²) < 4.78 is 5.31. The SMILES string of the molecule is O=C(c1ccc2nonc2c1)[N+]12CCC(CC1)C2. The fourth-order valence-electron chi connectivity index (χ4n) is 3.45. The van der Waals surface area contributed by atoms with Crippen LogP contribution in [0.3, 0.4) is 0 Å². The Balaban J connectivity index is 1.75. The second-order valence-electron chi connectivity index (χ2n) is 5.49. The lowest BCUT2D eigenvalue weighted by Gasteiger charge is -2.28. The van der Waals surface area contributed by atoms with Crippen LogP contribution >= 0.6 is 0 Å². The molecule has 5 nitrogen and oxygen atoms in total. The van der Waals surface area contributed by atoms with Gasteiger partial charge in [0.2, 0.25) is 0 Å². The third kappa shape index (κ3) is 1.28. The van der Waals surface area contributed by atoms with Crippen molar-refractivity contribution in [1.82, 2.24) is 10.3 Å². The number of rotatable bonds is 1. The molecule has 18 heavy (non-hydrogen) atoms. The number of benzene rings is 1. The summed E-state index contributed by atoms with van der Waals surface area (Å²) in [5, 5.41) is 7.56. The van der Waals surface area contributed by atoms with Crippen LogP contribution in [-0.2, 0) is 0 Å². The highest BCUT2D eigenvalue weighted by Crippen LogP contribution is 2.37. The van der Waals surface area contributed by atoms with Crippen LogP contribution < -0.4 is 0 Å². The van der Waals surface area contributed by atoms with Gasteiger partial charge >= 0.3 is 5.91 Å². The molecule has 1 amide bonds. The molecule has 2 aliphatic rings. The summed E-state index contributed by atoms with van der Waals surface area (Å²) in [6.07, 6.45) is 2.39. The van der Waals surface area contributed by atoms with Gasteiger partial charge in [0.05, 0.1) is 25.2 Å². The molecule has 3 heterocycles. The minimum atomic E-state index is 0.236. The van der Waals surface area contributed by atoms with Crippen molar-refractivity contribution >= 4 is 16.9 Å². The van der Waals surface area contributed by atoms with E-state index < -0.39 is 0 Å². The van der Waals surface area contributed by atoms with Gasteiger partial charge in [-0.05, 0) is 28.5 Å². The highest BCUT2D eigenvalue weighted by molar-refractivity contribution is 5.93. The fourth-order valence-corrected chi connectivity index (χ4v) is 3.45. The summed E-state index contributed by atoms with van der Waals surface area (Å²) >= 11 is 0. The van der Waals surface area contributed by atoms with Gasteiger partial charge in [0.15, 0.2) is 0 Å². The quantitative estimate of drug-likeness (QED) is 0.715. The summed E-state index contributed by atoms with van der Waals surface area (Å²) in [4.78, 5) is 12.7. The Morgan fingerprint density at radius 3 is 2.72 bits per heavy atom. The predicted octanol–water partition coefficient (Wildman–Crippen LogP) is 1.60. The summed E-state index contributed by atoms with van der Waals surface area (Å²) in [5.74, 6) is 0.992. The van der Waals surface area contributed by atoms with Gasteiger partial charge in [0.25, 0.3) is 0 Å². The first-order chi connectivity index (χ1) is 8.77. The maximum atomic E-state index is 12.7. The molecule has 0 saturated carbocycles. The van der Waals surface area contributed by atoms with Crippen LogP contribution in [0, 0.1) is 5.92 Å². The molecule has 0 N–H and O–H groups in total. The number of hydrogen-bond acceptors (Lipinski definition) is 4. The molecular weight excluding hydrogens is 230 g/mol. The number of quaternary nitrogens is 1. The molecule has 1 aromatic heterocycles. The van der Waals surface area contributed by atoms with Crippen molar-refractivity contribution in [1.29, 1.82) is 0 Å². The molecule has 0 aliphatic carbocycles. The molecule has 0 unspecified atom stereocenters. The van der Waals surface area contributed by atoms with Crippen LogP contribution in [0.1, 0.15) is 23.2 Å². The molecule has 1 aromatic carbocycles. The Labute approximate surface area is 104 Å². The maximum Gasteiger partial charge on any atom is 0.346 e. The van der Waals surface area contributed by atoms with E-state index in [2.05, 4.69) is 14.9 Å². The Bertz CT molecular complexity index is 626. The number of aromatic nitrogens is 2. The van der Waals surface area contributed by atoms with Gasteiger partial charge in [-0.3, -0.25) is 4.48 Å². The Kier molecular flexibility index (Phi) is 1.92. The largest absolute Gasteiger partial charge is 0.346 e. The fraction of sp³-hybridized carbons (Fsp3) is 0.462. The van der Waals surface area contributed by atoms with Crippen LogP contribution in [0.5, 0.6) is 0 Å². The lowest BCUT2D eigenvalue weighted by atomic mass is 10.1. The van der Waals surface area contributed by atoms with Gasteiger partial charge in [0, 0.05) is 18.8 Å². The zero-order valence-corrected chi connectivity index (χ0v) is 10.0. The molecule has 2 aromatic rings. The van der Waals surface area contributed by atoms with E-state index in [1.807, 2.05) is 6.07 Å². The maximum absolute atomic E-state index is 12.7. The average molecular weight is 244 g/mol. The molecule has 0 atom stereocenters. The summed E-state index contributed by atoms with van der Waals surface area (Å²) in [5.41, 5.74) is 2.10. The molecule has 2 aliphatic heterocycles. The molecule has 5 heteroatoms. The number of carbonyl (C=O) groups excluding carboxylic acids is 1. The standard InChI is InChI=1S/C13H14N3O2/c17-13(16-5-3-9(8-16)4-6-16)10-1-2-11-12(7-10)15-18-14-11/h1-2,7,9H,3-6,8H2/q+1. The van der Waals surface area contributed by atoms with E-state index in [9.17, 15) is 4.79 Å². The van der Waals surface area contributed by atoms with Crippen molar-refractivity contribution in [3.63, 3.8) is 0 Å². The van der Waals surface area contributed by atoms with Gasteiger partial charge in [-0.25, -0.2) is 9.42 Å². The molecule has 0 radical (unpaired) electrons. The van der Waals surface area contributed by atoms with Crippen LogP contribution in [0.2, 0.25) is 0 Å². The third-order valence-corrected chi connectivity index (χ3v) is 4.47. The Morgan fingerprint density at radius 1 is 1.22 bits per heavy atom. The van der Waals surface area contributed by atoms with Crippen LogP contribution in [-0.4, -0.2) is 40.3 Å². The Morgan fingerprint density at radius 2 is 2.00 bits per heavy atom. The molecule has 92 valence electrons. The van der Waals surface area contributed by atoms with Gasteiger partial charge in [-0.1, -0.05) is 0 Å². The number of fused-ring (bicyclic) bond motifs is 3. The smallest absolute Gasteiger partial charge is 0.256 e. The third-order valence-electron chi connectivity index (χ3n) is 4.47. The van der Waals surface area contributed by atoms with Crippen LogP contribution in [0.4, 0.5) is 0 Å². The van der Waals surface area contributed by atoms with E-state index in [0.717, 1.165) is 31.1 Å². The number of carbonyl (C=O) groups is 1. The number of piperidine rings is 1. The molecule has 2 saturated heterocycles. The van der Waals surface area contributed by atoms with Crippen molar-refractivity contribution in [2.24, 2.45) is 5.92 Å². The zero-order valence-electron chi connectivity index (χ0n) is 10.0. The lowest BCUT2D eigenvalue weighted by molar-refractivity contribution is -0.827. The predicted molar refractivity (Wildman–Crippen MR) is 63.7 cm³/mol. The molecular formula is C13H14N3O2+. The van der Waals surface area contributed by atoms with E-state index in [1.165, 1.54) is 12.8 Å². The second-order valence-corrected chi connectivity index (χ2v) is 5.49. The topological polar surface area (TPSA) is 56.0 Å². The van der Waals surface area contributed by atoms with Gasteiger partial charge in [0.1, 0.15) is 11.0 Å². The normalized spacial score (nSPS) is 30.1. The molecule has 0 spiro atoms. The average Bonchev–Trinajstić information content (AvgIpc) is 3.12. The molecule has 2 fully saturated rings. The van der Waals surface area contributed by atoms with Gasteiger partial charge < -0.3 is 0 Å². The summed E-state index contributed by atoms with van der Waals surface area (Å²) in [6.45, 7) is 3.02. The lowest BCUT2D eigenvalue weighted by Crippen LogP contribution is -2.48. The molecule has 4 rings (SSSR count). The zero-order chi connectivity index (χ0) is 12.2. The van der Waals surface area contributed by atoms with E-state index in [1.54, 1.807) is 12.1 Å². The first kappa shape index (κ1) is 10.2. The monoisotopic (exact) mass is 244 g/mol. The summed E-state index contributed by atoms with van der Waals surface area (Å²) in [6, 6.07) is 5.45. The van der Waals surface area contributed by atoms with Gasteiger partial charge in [-0.2, -0.15) is 0 Å². The van der Waals surface area contributed by atoms with E-state index in [-0.39, 0.29) is 5.91 Å². The first-order valence-corrected chi connectivity index (χ1v) is 6.40.